The van der Waals surface area contributed by atoms with Gasteiger partial charge >= 0.3 is 0 Å². The summed E-state index contributed by atoms with van der Waals surface area (Å²) in [5, 5.41) is 3.58. The van der Waals surface area contributed by atoms with E-state index >= 15 is 0 Å². The number of ether oxygens (including phenoxy) is 1. The highest BCUT2D eigenvalue weighted by Crippen LogP contribution is 2.14. The van der Waals surface area contributed by atoms with Crippen LogP contribution in [0.4, 0.5) is 0 Å². The Hall–Kier alpha value is -0.120. The molecule has 1 heterocycles. The number of hydrogen-bond donors (Lipinski definition) is 1. The molecule has 0 radical (unpaired) electrons. The van der Waals surface area contributed by atoms with Gasteiger partial charge in [-0.2, -0.15) is 0 Å². The normalized spacial score (nSPS) is 29.4. The lowest BCUT2D eigenvalue weighted by molar-refractivity contribution is 0.0810. The zero-order chi connectivity index (χ0) is 10.4. The third kappa shape index (κ3) is 3.56. The maximum Gasteiger partial charge on any atom is 0.0593 e. The summed E-state index contributed by atoms with van der Waals surface area (Å²) in [5.41, 5.74) is 0.310. The molecule has 0 bridgehead atoms. The van der Waals surface area contributed by atoms with Crippen molar-refractivity contribution in [2.45, 2.75) is 32.7 Å². The summed E-state index contributed by atoms with van der Waals surface area (Å²) in [6.45, 7) is 12.8. The van der Waals surface area contributed by atoms with Crippen LogP contribution in [-0.4, -0.2) is 49.8 Å². The summed E-state index contributed by atoms with van der Waals surface area (Å²) in [6, 6.07) is 0. The smallest absolute Gasteiger partial charge is 0.0593 e. The van der Waals surface area contributed by atoms with Crippen LogP contribution in [0.25, 0.3) is 0 Å². The van der Waals surface area contributed by atoms with Crippen molar-refractivity contribution in [3.63, 3.8) is 0 Å². The van der Waals surface area contributed by atoms with Gasteiger partial charge in [0.25, 0.3) is 0 Å². The molecule has 1 unspecified atom stereocenters. The minimum atomic E-state index is 0.310. The minimum absolute atomic E-state index is 0.310. The standard InChI is InChI=1S/C11H24N2O/c1-4-11(3)10-13(7-6-12-11)8-9-14-5-2/h12H,4-10H2,1-3H3. The van der Waals surface area contributed by atoms with Crippen molar-refractivity contribution in [3.8, 4) is 0 Å². The van der Waals surface area contributed by atoms with Crippen molar-refractivity contribution in [3.05, 3.63) is 0 Å². The van der Waals surface area contributed by atoms with Crippen LogP contribution in [0.5, 0.6) is 0 Å². The van der Waals surface area contributed by atoms with E-state index in [0.29, 0.717) is 5.54 Å². The fourth-order valence-corrected chi connectivity index (χ4v) is 1.91. The first-order valence-corrected chi connectivity index (χ1v) is 5.75. The van der Waals surface area contributed by atoms with Gasteiger partial charge in [0.2, 0.25) is 0 Å². The Kier molecular flexibility index (Phi) is 4.85. The first kappa shape index (κ1) is 12.0. The monoisotopic (exact) mass is 200 g/mol. The summed E-state index contributed by atoms with van der Waals surface area (Å²) in [6.07, 6.45) is 1.19. The van der Waals surface area contributed by atoms with E-state index in [9.17, 15) is 0 Å². The Morgan fingerprint density at radius 3 is 2.86 bits per heavy atom. The number of nitrogens with zero attached hydrogens (tertiary/aromatic N) is 1. The second kappa shape index (κ2) is 5.69. The van der Waals surface area contributed by atoms with Crippen LogP contribution < -0.4 is 5.32 Å². The quantitative estimate of drug-likeness (QED) is 0.673. The summed E-state index contributed by atoms with van der Waals surface area (Å²) in [5.74, 6) is 0. The van der Waals surface area contributed by atoms with Crippen LogP contribution in [0.3, 0.4) is 0 Å². The van der Waals surface area contributed by atoms with Gasteiger partial charge in [0.1, 0.15) is 0 Å². The Bertz CT molecular complexity index is 163. The van der Waals surface area contributed by atoms with Crippen molar-refractivity contribution in [1.29, 1.82) is 0 Å². The Labute approximate surface area is 87.8 Å². The van der Waals surface area contributed by atoms with Crippen LogP contribution in [0.1, 0.15) is 27.2 Å². The van der Waals surface area contributed by atoms with E-state index in [2.05, 4.69) is 24.1 Å². The van der Waals surface area contributed by atoms with Gasteiger partial charge in [0.05, 0.1) is 6.61 Å². The average Bonchev–Trinajstić information content (AvgIpc) is 2.19. The zero-order valence-electron chi connectivity index (χ0n) is 9.81. The van der Waals surface area contributed by atoms with Crippen LogP contribution >= 0.6 is 0 Å². The SMILES string of the molecule is CCOCCN1CCNC(C)(CC)C1. The number of rotatable bonds is 5. The van der Waals surface area contributed by atoms with Gasteiger partial charge in [-0.05, 0) is 20.3 Å². The van der Waals surface area contributed by atoms with Gasteiger partial charge in [-0.15, -0.1) is 0 Å². The molecular formula is C11H24N2O. The van der Waals surface area contributed by atoms with E-state index in [1.807, 2.05) is 6.92 Å². The molecule has 0 saturated carbocycles. The Morgan fingerprint density at radius 1 is 1.43 bits per heavy atom. The first-order chi connectivity index (χ1) is 6.70. The van der Waals surface area contributed by atoms with E-state index in [0.717, 1.165) is 39.4 Å². The fraction of sp³-hybridized carbons (Fsp3) is 1.00. The lowest BCUT2D eigenvalue weighted by Crippen LogP contribution is -2.58. The number of nitrogens with one attached hydrogen (secondary N) is 1. The largest absolute Gasteiger partial charge is 0.380 e. The summed E-state index contributed by atoms with van der Waals surface area (Å²) >= 11 is 0. The minimum Gasteiger partial charge on any atom is -0.380 e. The topological polar surface area (TPSA) is 24.5 Å². The molecule has 0 spiro atoms. The van der Waals surface area contributed by atoms with Gasteiger partial charge < -0.3 is 10.1 Å². The molecule has 0 amide bonds. The number of hydrogen-bond acceptors (Lipinski definition) is 3. The van der Waals surface area contributed by atoms with Gasteiger partial charge in [0.15, 0.2) is 0 Å². The molecule has 0 aliphatic carbocycles. The third-order valence-corrected chi connectivity index (χ3v) is 3.09. The lowest BCUT2D eigenvalue weighted by Gasteiger charge is -2.41. The summed E-state index contributed by atoms with van der Waals surface area (Å²) < 4.78 is 5.38. The first-order valence-electron chi connectivity index (χ1n) is 5.75. The molecule has 1 aliphatic heterocycles. The van der Waals surface area contributed by atoms with Crippen LogP contribution in [-0.2, 0) is 4.74 Å². The molecule has 1 rings (SSSR count). The summed E-state index contributed by atoms with van der Waals surface area (Å²) in [7, 11) is 0. The Balaban J connectivity index is 2.25. The van der Waals surface area contributed by atoms with E-state index in [1.165, 1.54) is 6.42 Å². The van der Waals surface area contributed by atoms with Crippen molar-refractivity contribution in [1.82, 2.24) is 10.2 Å². The molecule has 1 fully saturated rings. The zero-order valence-corrected chi connectivity index (χ0v) is 9.81. The molecule has 1 aliphatic rings. The molecule has 1 saturated heterocycles. The lowest BCUT2D eigenvalue weighted by atomic mass is 9.96. The van der Waals surface area contributed by atoms with Crippen LogP contribution in [0, 0.1) is 0 Å². The highest BCUT2D eigenvalue weighted by atomic mass is 16.5. The maximum absolute atomic E-state index is 5.38. The van der Waals surface area contributed by atoms with Gasteiger partial charge in [-0.3, -0.25) is 4.90 Å². The number of piperazine rings is 1. The maximum atomic E-state index is 5.38. The molecule has 14 heavy (non-hydrogen) atoms. The van der Waals surface area contributed by atoms with Crippen LogP contribution in [0.2, 0.25) is 0 Å². The highest BCUT2D eigenvalue weighted by molar-refractivity contribution is 4.89. The second-order valence-corrected chi connectivity index (χ2v) is 4.31. The fourth-order valence-electron chi connectivity index (χ4n) is 1.91. The van der Waals surface area contributed by atoms with Crippen molar-refractivity contribution >= 4 is 0 Å². The molecule has 0 aromatic carbocycles. The van der Waals surface area contributed by atoms with Crippen molar-refractivity contribution in [2.24, 2.45) is 0 Å². The molecule has 3 nitrogen and oxygen atoms in total. The van der Waals surface area contributed by atoms with Crippen molar-refractivity contribution in [2.75, 3.05) is 39.4 Å². The van der Waals surface area contributed by atoms with Crippen LogP contribution in [0.15, 0.2) is 0 Å². The molecule has 0 aromatic heterocycles. The molecule has 1 N–H and O–H groups in total. The summed E-state index contributed by atoms with van der Waals surface area (Å²) in [4.78, 5) is 2.50. The average molecular weight is 200 g/mol. The predicted molar refractivity (Wildman–Crippen MR) is 59.6 cm³/mol. The second-order valence-electron chi connectivity index (χ2n) is 4.31. The molecule has 3 heteroatoms. The molecule has 84 valence electrons. The highest BCUT2D eigenvalue weighted by Gasteiger charge is 2.27. The van der Waals surface area contributed by atoms with Crippen molar-refractivity contribution < 1.29 is 4.74 Å². The predicted octanol–water partition coefficient (Wildman–Crippen LogP) is 1.10. The van der Waals surface area contributed by atoms with Gasteiger partial charge in [-0.25, -0.2) is 0 Å². The third-order valence-electron chi connectivity index (χ3n) is 3.09. The Morgan fingerprint density at radius 2 is 2.21 bits per heavy atom. The molecule has 0 aromatic rings. The van der Waals surface area contributed by atoms with Gasteiger partial charge in [0, 0.05) is 38.3 Å². The van der Waals surface area contributed by atoms with E-state index in [-0.39, 0.29) is 0 Å². The van der Waals surface area contributed by atoms with E-state index < -0.39 is 0 Å². The van der Waals surface area contributed by atoms with E-state index in [4.69, 9.17) is 4.74 Å². The van der Waals surface area contributed by atoms with E-state index in [1.54, 1.807) is 0 Å². The molecule has 1 atom stereocenters. The molecular weight excluding hydrogens is 176 g/mol. The van der Waals surface area contributed by atoms with Gasteiger partial charge in [-0.1, -0.05) is 6.92 Å².